The molecule has 34 heavy (non-hydrogen) atoms. The van der Waals surface area contributed by atoms with Crippen LogP contribution >= 0.6 is 0 Å². The molecule has 0 aliphatic heterocycles. The first-order chi connectivity index (χ1) is 16.2. The first kappa shape index (κ1) is 30.5. The average molecular weight is 473 g/mol. The monoisotopic (exact) mass is 472 g/mol. The van der Waals surface area contributed by atoms with Gasteiger partial charge in [-0.15, -0.1) is 0 Å². The molecule has 0 heterocycles. The molecule has 0 aliphatic rings. The molecule has 0 saturated carbocycles. The highest BCUT2D eigenvalue weighted by atomic mass is 16.1. The third-order valence-corrected chi connectivity index (χ3v) is 6.52. The van der Waals surface area contributed by atoms with Crippen LogP contribution in [0.3, 0.4) is 0 Å². The minimum atomic E-state index is -0.102. The lowest BCUT2D eigenvalue weighted by atomic mass is 9.83. The number of hydrogen-bond donors (Lipinski definition) is 1. The maximum Gasteiger partial charge on any atom is 0.162 e. The molecule has 0 unspecified atom stereocenters. The predicted octanol–water partition coefficient (Wildman–Crippen LogP) is 7.20. The van der Waals surface area contributed by atoms with E-state index in [4.69, 9.17) is 0 Å². The second-order valence-corrected chi connectivity index (χ2v) is 10.7. The third-order valence-electron chi connectivity index (χ3n) is 6.52. The number of nitrogens with zero attached hydrogens (tertiary/aromatic N) is 1. The van der Waals surface area contributed by atoms with E-state index in [0.717, 1.165) is 64.0 Å². The van der Waals surface area contributed by atoms with E-state index in [1.165, 1.54) is 25.7 Å². The summed E-state index contributed by atoms with van der Waals surface area (Å²) in [5.41, 5.74) is 2.37. The van der Waals surface area contributed by atoms with Crippen molar-refractivity contribution in [2.45, 2.75) is 111 Å². The molecule has 0 bridgehead atoms. The highest BCUT2D eigenvalue weighted by Gasteiger charge is 2.19. The zero-order valence-corrected chi connectivity index (χ0v) is 23.1. The lowest BCUT2D eigenvalue weighted by Crippen LogP contribution is -2.25. The molecule has 0 amide bonds. The smallest absolute Gasteiger partial charge is 0.162 e. The number of carbonyl (C=O) groups is 2. The Kier molecular flexibility index (Phi) is 15.3. The summed E-state index contributed by atoms with van der Waals surface area (Å²) in [6.07, 6.45) is 9.82. The van der Waals surface area contributed by atoms with E-state index in [2.05, 4.69) is 51.8 Å². The number of benzene rings is 1. The number of nitrogens with one attached hydrogen (secondary N) is 1. The molecular formula is C30H52N2O2. The summed E-state index contributed by atoms with van der Waals surface area (Å²) in [5.74, 6) is 0.319. The van der Waals surface area contributed by atoms with E-state index >= 15 is 0 Å². The van der Waals surface area contributed by atoms with Crippen LogP contribution in [-0.2, 0) is 5.41 Å². The van der Waals surface area contributed by atoms with Gasteiger partial charge in [0.05, 0.1) is 0 Å². The molecule has 0 saturated heterocycles. The summed E-state index contributed by atoms with van der Waals surface area (Å²) in [5, 5.41) is 3.47. The fraction of sp³-hybridized carbons (Fsp3) is 0.733. The highest BCUT2D eigenvalue weighted by molar-refractivity contribution is 6.01. The number of unbranched alkanes of at least 4 members (excludes halogenated alkanes) is 4. The van der Waals surface area contributed by atoms with Crippen LogP contribution in [0, 0.1) is 0 Å². The van der Waals surface area contributed by atoms with Crippen LogP contribution < -0.4 is 5.32 Å². The van der Waals surface area contributed by atoms with Crippen molar-refractivity contribution >= 4 is 11.6 Å². The second-order valence-electron chi connectivity index (χ2n) is 10.7. The minimum Gasteiger partial charge on any atom is -0.317 e. The molecule has 1 N–H and O–H groups in total. The molecule has 4 nitrogen and oxygen atoms in total. The maximum atomic E-state index is 13.0. The normalized spacial score (nSPS) is 11.9. The lowest BCUT2D eigenvalue weighted by molar-refractivity contribution is 0.0977. The molecule has 1 aromatic rings. The molecule has 1 rings (SSSR count). The van der Waals surface area contributed by atoms with E-state index in [1.807, 2.05) is 18.2 Å². The van der Waals surface area contributed by atoms with Crippen molar-refractivity contribution in [1.29, 1.82) is 0 Å². The summed E-state index contributed by atoms with van der Waals surface area (Å²) >= 11 is 0. The number of rotatable bonds is 19. The van der Waals surface area contributed by atoms with Gasteiger partial charge < -0.3 is 10.2 Å². The van der Waals surface area contributed by atoms with Crippen LogP contribution in [0.1, 0.15) is 132 Å². The molecule has 0 aromatic heterocycles. The Balaban J connectivity index is 2.67. The Morgan fingerprint density at radius 3 is 1.79 bits per heavy atom. The lowest BCUT2D eigenvalue weighted by Gasteiger charge is -2.21. The van der Waals surface area contributed by atoms with Crippen molar-refractivity contribution in [3.8, 4) is 0 Å². The van der Waals surface area contributed by atoms with Crippen molar-refractivity contribution < 1.29 is 9.59 Å². The van der Waals surface area contributed by atoms with Crippen LogP contribution in [0.5, 0.6) is 0 Å². The molecule has 0 aliphatic carbocycles. The van der Waals surface area contributed by atoms with Crippen LogP contribution in [-0.4, -0.2) is 49.2 Å². The van der Waals surface area contributed by atoms with Crippen molar-refractivity contribution in [3.05, 3.63) is 34.9 Å². The Morgan fingerprint density at radius 2 is 1.29 bits per heavy atom. The van der Waals surface area contributed by atoms with Gasteiger partial charge in [0.25, 0.3) is 0 Å². The van der Waals surface area contributed by atoms with Crippen molar-refractivity contribution in [3.63, 3.8) is 0 Å². The van der Waals surface area contributed by atoms with Crippen LogP contribution in [0.4, 0.5) is 0 Å². The minimum absolute atomic E-state index is 0.102. The van der Waals surface area contributed by atoms with Gasteiger partial charge in [-0.2, -0.15) is 0 Å². The van der Waals surface area contributed by atoms with E-state index < -0.39 is 0 Å². The number of hydrogen-bond acceptors (Lipinski definition) is 4. The van der Waals surface area contributed by atoms with Crippen LogP contribution in [0.15, 0.2) is 18.2 Å². The second kappa shape index (κ2) is 17.0. The quantitative estimate of drug-likeness (QED) is 0.171. The topological polar surface area (TPSA) is 49.4 Å². The van der Waals surface area contributed by atoms with Gasteiger partial charge in [0.15, 0.2) is 11.6 Å². The van der Waals surface area contributed by atoms with E-state index in [1.54, 1.807) is 0 Å². The highest BCUT2D eigenvalue weighted by Crippen LogP contribution is 2.26. The summed E-state index contributed by atoms with van der Waals surface area (Å²) < 4.78 is 0. The Hall–Kier alpha value is -1.52. The first-order valence-electron chi connectivity index (χ1n) is 13.9. The number of ketones is 2. The van der Waals surface area contributed by atoms with Gasteiger partial charge in [-0.3, -0.25) is 9.59 Å². The zero-order valence-electron chi connectivity index (χ0n) is 23.1. The fourth-order valence-corrected chi connectivity index (χ4v) is 4.20. The maximum absolute atomic E-state index is 13.0. The van der Waals surface area contributed by atoms with Crippen molar-refractivity contribution in [2.24, 2.45) is 0 Å². The van der Waals surface area contributed by atoms with Crippen LogP contribution in [0.25, 0.3) is 0 Å². The van der Waals surface area contributed by atoms with Gasteiger partial charge in [-0.1, -0.05) is 54.4 Å². The molecule has 0 radical (unpaired) electrons. The largest absolute Gasteiger partial charge is 0.317 e. The molecule has 0 spiro atoms. The molecular weight excluding hydrogens is 420 g/mol. The Bertz CT molecular complexity index is 721. The van der Waals surface area contributed by atoms with E-state index in [0.29, 0.717) is 24.0 Å². The third kappa shape index (κ3) is 12.3. The number of Topliss-reactive ketones (excluding diaryl/α,β-unsaturated/α-hetero) is 2. The predicted molar refractivity (Wildman–Crippen MR) is 146 cm³/mol. The average Bonchev–Trinajstić information content (AvgIpc) is 2.81. The Labute approximate surface area is 210 Å². The van der Waals surface area contributed by atoms with Gasteiger partial charge in [-0.25, -0.2) is 0 Å². The molecule has 0 atom stereocenters. The SMILES string of the molecule is CCCCCNCCCCC(=O)c1cc(C(=O)CCCCN(CC)CCC)cc(C(C)(C)C)c1. The van der Waals surface area contributed by atoms with Gasteiger partial charge >= 0.3 is 0 Å². The van der Waals surface area contributed by atoms with Gasteiger partial charge in [0.1, 0.15) is 0 Å². The summed E-state index contributed by atoms with van der Waals surface area (Å²) in [7, 11) is 0. The summed E-state index contributed by atoms with van der Waals surface area (Å²) in [6.45, 7) is 18.3. The van der Waals surface area contributed by atoms with Crippen molar-refractivity contribution in [2.75, 3.05) is 32.7 Å². The molecule has 4 heteroatoms. The van der Waals surface area contributed by atoms with Gasteiger partial charge in [-0.05, 0) is 100 Å². The number of carbonyl (C=O) groups excluding carboxylic acids is 2. The van der Waals surface area contributed by atoms with E-state index in [9.17, 15) is 9.59 Å². The van der Waals surface area contributed by atoms with E-state index in [-0.39, 0.29) is 17.0 Å². The Morgan fingerprint density at radius 1 is 0.735 bits per heavy atom. The molecule has 1 aromatic carbocycles. The molecule has 194 valence electrons. The standard InChI is InChI=1S/C30H52N2O2/c1-7-10-13-18-31-19-14-11-16-28(33)25-22-26(24-27(23-25)30(4,5)6)29(34)17-12-15-21-32(9-3)20-8-2/h22-24,31H,7-21H2,1-6H3. The zero-order chi connectivity index (χ0) is 25.4. The fourth-order valence-electron chi connectivity index (χ4n) is 4.20. The first-order valence-corrected chi connectivity index (χ1v) is 13.9. The van der Waals surface area contributed by atoms with Crippen molar-refractivity contribution in [1.82, 2.24) is 10.2 Å². The van der Waals surface area contributed by atoms with Crippen LogP contribution in [0.2, 0.25) is 0 Å². The van der Waals surface area contributed by atoms with Gasteiger partial charge in [0.2, 0.25) is 0 Å². The van der Waals surface area contributed by atoms with Gasteiger partial charge in [0, 0.05) is 24.0 Å². The summed E-state index contributed by atoms with van der Waals surface area (Å²) in [6, 6.07) is 5.86. The molecule has 0 fully saturated rings. The summed E-state index contributed by atoms with van der Waals surface area (Å²) in [4.78, 5) is 28.4.